The van der Waals surface area contributed by atoms with Gasteiger partial charge in [-0.05, 0) is 53.9 Å². The molecule has 0 aliphatic carbocycles. The molecular weight excluding hydrogens is 423 g/mol. The van der Waals surface area contributed by atoms with E-state index in [1.165, 1.54) is 13.1 Å². The van der Waals surface area contributed by atoms with Crippen LogP contribution in [0.3, 0.4) is 0 Å². The lowest BCUT2D eigenvalue weighted by molar-refractivity contribution is 0.0950. The van der Waals surface area contributed by atoms with Crippen LogP contribution in [0, 0.1) is 3.57 Å². The Labute approximate surface area is 141 Å². The molecule has 0 bridgehead atoms. The van der Waals surface area contributed by atoms with E-state index in [0.717, 1.165) is 19.8 Å². The molecule has 1 aromatic heterocycles. The van der Waals surface area contributed by atoms with Crippen LogP contribution in [0.5, 0.6) is 0 Å². The lowest BCUT2D eigenvalue weighted by atomic mass is 10.2. The van der Waals surface area contributed by atoms with E-state index in [0.29, 0.717) is 12.1 Å². The molecule has 0 aliphatic rings. The Hall–Kier alpha value is -0.970. The molecule has 1 amide bonds. The van der Waals surface area contributed by atoms with Crippen molar-refractivity contribution in [1.29, 1.82) is 0 Å². The lowest BCUT2D eigenvalue weighted by Gasteiger charge is -2.05. The summed E-state index contributed by atoms with van der Waals surface area (Å²) in [5, 5.41) is 2.79. The van der Waals surface area contributed by atoms with E-state index in [9.17, 15) is 13.2 Å². The van der Waals surface area contributed by atoms with Gasteiger partial charge in [-0.2, -0.15) is 0 Å². The normalized spacial score (nSPS) is 11.3. The van der Waals surface area contributed by atoms with Crippen molar-refractivity contribution < 1.29 is 13.2 Å². The first-order chi connectivity index (χ1) is 9.94. The van der Waals surface area contributed by atoms with Gasteiger partial charge in [0.2, 0.25) is 10.0 Å². The van der Waals surface area contributed by atoms with E-state index in [2.05, 4.69) is 32.6 Å². The standard InChI is InChI=1S/C13H13IN2O3S2/c1-15-21(18,19)12-7-6-9(20-12)8-16-13(17)10-4-2-3-5-11(10)14/h2-7,15H,8H2,1H3,(H,16,17). The smallest absolute Gasteiger partial charge is 0.252 e. The molecule has 2 aromatic rings. The molecule has 0 unspecified atom stereocenters. The summed E-state index contributed by atoms with van der Waals surface area (Å²) in [7, 11) is -2.05. The Morgan fingerprint density at radius 3 is 2.62 bits per heavy atom. The maximum absolute atomic E-state index is 12.1. The molecule has 0 saturated heterocycles. The Bertz CT molecular complexity index is 756. The first-order valence-corrected chi connectivity index (χ1v) is 9.37. The highest BCUT2D eigenvalue weighted by Crippen LogP contribution is 2.21. The van der Waals surface area contributed by atoms with Gasteiger partial charge in [-0.15, -0.1) is 11.3 Å². The summed E-state index contributed by atoms with van der Waals surface area (Å²) in [6.45, 7) is 0.299. The van der Waals surface area contributed by atoms with Gasteiger partial charge in [0.1, 0.15) is 4.21 Å². The maximum Gasteiger partial charge on any atom is 0.252 e. The molecule has 0 fully saturated rings. The average Bonchev–Trinajstić information content (AvgIpc) is 2.95. The van der Waals surface area contributed by atoms with Gasteiger partial charge in [0.15, 0.2) is 0 Å². The van der Waals surface area contributed by atoms with Crippen molar-refractivity contribution in [2.75, 3.05) is 7.05 Å². The molecule has 0 saturated carbocycles. The summed E-state index contributed by atoms with van der Waals surface area (Å²) >= 11 is 3.24. The van der Waals surface area contributed by atoms with E-state index in [1.54, 1.807) is 18.2 Å². The Morgan fingerprint density at radius 2 is 1.95 bits per heavy atom. The van der Waals surface area contributed by atoms with Crippen molar-refractivity contribution in [2.45, 2.75) is 10.8 Å². The van der Waals surface area contributed by atoms with Gasteiger partial charge in [-0.1, -0.05) is 12.1 Å². The molecule has 112 valence electrons. The summed E-state index contributed by atoms with van der Waals surface area (Å²) in [6.07, 6.45) is 0. The number of rotatable bonds is 5. The van der Waals surface area contributed by atoms with Crippen LogP contribution < -0.4 is 10.0 Å². The number of amides is 1. The molecule has 0 spiro atoms. The Morgan fingerprint density at radius 1 is 1.24 bits per heavy atom. The molecule has 1 aromatic carbocycles. The minimum atomic E-state index is -3.42. The molecule has 21 heavy (non-hydrogen) atoms. The number of hydrogen-bond donors (Lipinski definition) is 2. The third kappa shape index (κ3) is 4.02. The highest BCUT2D eigenvalue weighted by molar-refractivity contribution is 14.1. The summed E-state index contributed by atoms with van der Waals surface area (Å²) in [5.41, 5.74) is 0.609. The minimum Gasteiger partial charge on any atom is -0.347 e. The fourth-order valence-electron chi connectivity index (χ4n) is 1.61. The lowest BCUT2D eigenvalue weighted by Crippen LogP contribution is -2.23. The number of carbonyl (C=O) groups is 1. The number of hydrogen-bond acceptors (Lipinski definition) is 4. The first kappa shape index (κ1) is 16.4. The SMILES string of the molecule is CNS(=O)(=O)c1ccc(CNC(=O)c2ccccc2I)s1. The van der Waals surface area contributed by atoms with Crippen molar-refractivity contribution in [2.24, 2.45) is 0 Å². The zero-order valence-electron chi connectivity index (χ0n) is 11.1. The minimum absolute atomic E-state index is 0.175. The fourth-order valence-corrected chi connectivity index (χ4v) is 4.37. The monoisotopic (exact) mass is 436 g/mol. The highest BCUT2D eigenvalue weighted by Gasteiger charge is 2.15. The van der Waals surface area contributed by atoms with Crippen molar-refractivity contribution >= 4 is 49.9 Å². The second-order valence-corrected chi connectivity index (χ2v) is 8.53. The third-order valence-electron chi connectivity index (χ3n) is 2.71. The van der Waals surface area contributed by atoms with Crippen LogP contribution in [-0.2, 0) is 16.6 Å². The third-order valence-corrected chi connectivity index (χ3v) is 6.64. The van der Waals surface area contributed by atoms with Crippen LogP contribution in [0.1, 0.15) is 15.2 Å². The molecule has 5 nitrogen and oxygen atoms in total. The summed E-state index contributed by atoms with van der Waals surface area (Å²) in [5.74, 6) is -0.175. The molecule has 0 radical (unpaired) electrons. The number of benzene rings is 1. The van der Waals surface area contributed by atoms with Crippen molar-refractivity contribution in [3.05, 3.63) is 50.4 Å². The zero-order chi connectivity index (χ0) is 15.5. The van der Waals surface area contributed by atoms with Crippen molar-refractivity contribution in [1.82, 2.24) is 10.0 Å². The van der Waals surface area contributed by atoms with Gasteiger partial charge in [0, 0.05) is 8.45 Å². The number of thiophene rings is 1. The molecule has 0 aliphatic heterocycles. The topological polar surface area (TPSA) is 75.3 Å². The van der Waals surface area contributed by atoms with Gasteiger partial charge in [-0.25, -0.2) is 13.1 Å². The summed E-state index contributed by atoms with van der Waals surface area (Å²) in [4.78, 5) is 12.8. The predicted octanol–water partition coefficient (Wildman–Crippen LogP) is 2.19. The van der Waals surface area contributed by atoms with Gasteiger partial charge >= 0.3 is 0 Å². The van der Waals surface area contributed by atoms with Crippen LogP contribution in [0.25, 0.3) is 0 Å². The van der Waals surface area contributed by atoms with Crippen LogP contribution >= 0.6 is 33.9 Å². The second-order valence-electron chi connectivity index (χ2n) is 4.09. The molecule has 1 heterocycles. The fraction of sp³-hybridized carbons (Fsp3) is 0.154. The number of halogens is 1. The van der Waals surface area contributed by atoms with Crippen LogP contribution in [0.15, 0.2) is 40.6 Å². The molecule has 0 atom stereocenters. The van der Waals surface area contributed by atoms with E-state index in [4.69, 9.17) is 0 Å². The first-order valence-electron chi connectivity index (χ1n) is 5.99. The van der Waals surface area contributed by atoms with Crippen LogP contribution in [-0.4, -0.2) is 21.4 Å². The van der Waals surface area contributed by atoms with Gasteiger partial charge in [-0.3, -0.25) is 4.79 Å². The van der Waals surface area contributed by atoms with Crippen LogP contribution in [0.4, 0.5) is 0 Å². The zero-order valence-corrected chi connectivity index (χ0v) is 14.9. The molecular formula is C13H13IN2O3S2. The summed E-state index contributed by atoms with van der Waals surface area (Å²) < 4.78 is 26.6. The Kier molecular flexibility index (Phi) is 5.36. The Balaban J connectivity index is 2.04. The van der Waals surface area contributed by atoms with Crippen molar-refractivity contribution in [3.8, 4) is 0 Å². The van der Waals surface area contributed by atoms with Crippen molar-refractivity contribution in [3.63, 3.8) is 0 Å². The highest BCUT2D eigenvalue weighted by atomic mass is 127. The second kappa shape index (κ2) is 6.86. The van der Waals surface area contributed by atoms with Gasteiger partial charge < -0.3 is 5.32 Å². The molecule has 2 N–H and O–H groups in total. The van der Waals surface area contributed by atoms with Gasteiger partial charge in [0.25, 0.3) is 5.91 Å². The summed E-state index contributed by atoms with van der Waals surface area (Å²) in [6, 6.07) is 10.5. The average molecular weight is 436 g/mol. The van der Waals surface area contributed by atoms with E-state index in [-0.39, 0.29) is 10.1 Å². The predicted molar refractivity (Wildman–Crippen MR) is 90.9 cm³/mol. The number of carbonyl (C=O) groups excluding carboxylic acids is 1. The van der Waals surface area contributed by atoms with E-state index < -0.39 is 10.0 Å². The van der Waals surface area contributed by atoms with E-state index in [1.807, 2.05) is 12.1 Å². The largest absolute Gasteiger partial charge is 0.347 e. The van der Waals surface area contributed by atoms with E-state index >= 15 is 0 Å². The quantitative estimate of drug-likeness (QED) is 0.706. The number of sulfonamides is 1. The number of nitrogens with one attached hydrogen (secondary N) is 2. The molecule has 8 heteroatoms. The van der Waals surface area contributed by atoms with Crippen LogP contribution in [0.2, 0.25) is 0 Å². The molecule has 2 rings (SSSR count). The maximum atomic E-state index is 12.1. The van der Waals surface area contributed by atoms with Gasteiger partial charge in [0.05, 0.1) is 12.1 Å².